The Morgan fingerprint density at radius 3 is 2.45 bits per heavy atom. The molecule has 0 spiro atoms. The van der Waals surface area contributed by atoms with Crippen molar-refractivity contribution in [1.29, 1.82) is 0 Å². The van der Waals surface area contributed by atoms with Crippen molar-refractivity contribution in [3.05, 3.63) is 30.3 Å². The first-order chi connectivity index (χ1) is 9.65. The number of thioether (sulfide) groups is 1. The molecule has 5 nitrogen and oxygen atoms in total. The quantitative estimate of drug-likeness (QED) is 0.500. The number of nitrogens with one attached hydrogen (secondary N) is 1. The van der Waals surface area contributed by atoms with Crippen molar-refractivity contribution in [2.75, 3.05) is 18.8 Å². The third-order valence-electron chi connectivity index (χ3n) is 2.85. The molecule has 3 amide bonds. The number of benzene rings is 1. The molecule has 1 heterocycles. The van der Waals surface area contributed by atoms with E-state index in [0.717, 1.165) is 12.2 Å². The molecule has 0 bridgehead atoms. The Bertz CT molecular complexity index is 488. The zero-order valence-corrected chi connectivity index (χ0v) is 11.8. The van der Waals surface area contributed by atoms with Crippen molar-refractivity contribution in [2.24, 2.45) is 0 Å². The first kappa shape index (κ1) is 14.6. The van der Waals surface area contributed by atoms with Gasteiger partial charge in [0.25, 0.3) is 0 Å². The maximum atomic E-state index is 11.9. The van der Waals surface area contributed by atoms with Gasteiger partial charge in [-0.2, -0.15) is 0 Å². The number of hydrogen-bond acceptors (Lipinski definition) is 4. The van der Waals surface area contributed by atoms with Crippen LogP contribution in [0.25, 0.3) is 0 Å². The van der Waals surface area contributed by atoms with E-state index in [1.54, 1.807) is 11.8 Å². The Hall–Kier alpha value is -1.82. The van der Waals surface area contributed by atoms with Gasteiger partial charge in [-0.15, -0.1) is 11.8 Å². The summed E-state index contributed by atoms with van der Waals surface area (Å²) in [6.45, 7) is -0.0349. The molecule has 1 N–H and O–H groups in total. The van der Waals surface area contributed by atoms with E-state index >= 15 is 0 Å². The molecule has 1 aliphatic heterocycles. The van der Waals surface area contributed by atoms with E-state index in [1.807, 2.05) is 30.3 Å². The van der Waals surface area contributed by atoms with E-state index in [-0.39, 0.29) is 19.0 Å². The predicted octanol–water partition coefficient (Wildman–Crippen LogP) is 1.04. The van der Waals surface area contributed by atoms with Crippen LogP contribution >= 0.6 is 11.8 Å². The molecular weight excluding hydrogens is 276 g/mol. The molecule has 1 saturated heterocycles. The SMILES string of the molecule is O=C1CN(C(=O)CCCSc2ccccc2)CC(=O)N1. The van der Waals surface area contributed by atoms with Crippen molar-refractivity contribution in [2.45, 2.75) is 17.7 Å². The lowest BCUT2D eigenvalue weighted by Crippen LogP contribution is -2.53. The minimum Gasteiger partial charge on any atom is -0.324 e. The van der Waals surface area contributed by atoms with Gasteiger partial charge >= 0.3 is 0 Å². The van der Waals surface area contributed by atoms with Gasteiger partial charge in [0.15, 0.2) is 0 Å². The lowest BCUT2D eigenvalue weighted by atomic mass is 10.2. The largest absolute Gasteiger partial charge is 0.324 e. The summed E-state index contributed by atoms with van der Waals surface area (Å²) in [5, 5.41) is 2.18. The van der Waals surface area contributed by atoms with Crippen LogP contribution in [-0.2, 0) is 14.4 Å². The minimum atomic E-state index is -0.409. The number of carbonyl (C=O) groups excluding carboxylic acids is 3. The molecule has 0 aliphatic carbocycles. The molecule has 1 aromatic carbocycles. The van der Waals surface area contributed by atoms with Gasteiger partial charge < -0.3 is 4.90 Å². The fourth-order valence-corrected chi connectivity index (χ4v) is 2.78. The fourth-order valence-electron chi connectivity index (χ4n) is 1.90. The lowest BCUT2D eigenvalue weighted by molar-refractivity contribution is -0.145. The first-order valence-corrected chi connectivity index (χ1v) is 7.42. The minimum absolute atomic E-state index is 0.0175. The van der Waals surface area contributed by atoms with Gasteiger partial charge in [0.2, 0.25) is 17.7 Å². The van der Waals surface area contributed by atoms with Gasteiger partial charge in [0.05, 0.1) is 0 Å². The van der Waals surface area contributed by atoms with Crippen LogP contribution in [0.2, 0.25) is 0 Å². The van der Waals surface area contributed by atoms with Gasteiger partial charge in [-0.05, 0) is 24.3 Å². The van der Waals surface area contributed by atoms with Crippen LogP contribution < -0.4 is 5.32 Å². The second kappa shape index (κ2) is 7.09. The van der Waals surface area contributed by atoms with E-state index in [4.69, 9.17) is 0 Å². The second-order valence-corrected chi connectivity index (χ2v) is 5.65. The summed E-state index contributed by atoms with van der Waals surface area (Å²) in [5.74, 6) is -0.118. The molecule has 6 heteroatoms. The summed E-state index contributed by atoms with van der Waals surface area (Å²) in [6, 6.07) is 9.98. The van der Waals surface area contributed by atoms with E-state index in [2.05, 4.69) is 5.32 Å². The Kier molecular flexibility index (Phi) is 5.17. The highest BCUT2D eigenvalue weighted by atomic mass is 32.2. The molecule has 20 heavy (non-hydrogen) atoms. The molecule has 1 aromatic rings. The maximum Gasteiger partial charge on any atom is 0.246 e. The molecule has 1 aliphatic rings. The predicted molar refractivity (Wildman–Crippen MR) is 76.1 cm³/mol. The zero-order chi connectivity index (χ0) is 14.4. The molecule has 0 unspecified atom stereocenters. The number of rotatable bonds is 5. The van der Waals surface area contributed by atoms with Crippen molar-refractivity contribution in [3.8, 4) is 0 Å². The number of amides is 3. The Morgan fingerprint density at radius 1 is 1.15 bits per heavy atom. The highest BCUT2D eigenvalue weighted by Gasteiger charge is 2.25. The molecule has 1 fully saturated rings. The number of hydrogen-bond donors (Lipinski definition) is 1. The van der Waals surface area contributed by atoms with Crippen LogP contribution in [0.3, 0.4) is 0 Å². The van der Waals surface area contributed by atoms with Crippen LogP contribution in [-0.4, -0.2) is 41.5 Å². The monoisotopic (exact) mass is 292 g/mol. The summed E-state index contributed by atoms with van der Waals surface area (Å²) < 4.78 is 0. The highest BCUT2D eigenvalue weighted by molar-refractivity contribution is 7.99. The molecule has 2 rings (SSSR count). The number of piperazine rings is 1. The standard InChI is InChI=1S/C14H16N2O3S/c17-12-9-16(10-13(18)15-12)14(19)7-4-8-20-11-5-2-1-3-6-11/h1-3,5-6H,4,7-10H2,(H,15,17,18). The Balaban J connectivity index is 1.70. The van der Waals surface area contributed by atoms with Gasteiger partial charge in [-0.25, -0.2) is 0 Å². The average molecular weight is 292 g/mol. The normalized spacial score (nSPS) is 15.1. The van der Waals surface area contributed by atoms with Crippen LogP contribution in [0.1, 0.15) is 12.8 Å². The van der Waals surface area contributed by atoms with E-state index in [9.17, 15) is 14.4 Å². The third-order valence-corrected chi connectivity index (χ3v) is 3.95. The highest BCUT2D eigenvalue weighted by Crippen LogP contribution is 2.18. The first-order valence-electron chi connectivity index (χ1n) is 6.43. The molecule has 0 atom stereocenters. The van der Waals surface area contributed by atoms with Gasteiger partial charge in [-0.1, -0.05) is 18.2 Å². The number of carbonyl (C=O) groups is 3. The third kappa shape index (κ3) is 4.38. The molecule has 0 saturated carbocycles. The van der Waals surface area contributed by atoms with Gasteiger partial charge in [0, 0.05) is 11.3 Å². The summed E-state index contributed by atoms with van der Waals surface area (Å²) in [7, 11) is 0. The van der Waals surface area contributed by atoms with Crippen molar-refractivity contribution < 1.29 is 14.4 Å². The van der Waals surface area contributed by atoms with Gasteiger partial charge in [-0.3, -0.25) is 19.7 Å². The number of nitrogens with zero attached hydrogens (tertiary/aromatic N) is 1. The second-order valence-electron chi connectivity index (χ2n) is 4.49. The summed E-state index contributed by atoms with van der Waals surface area (Å²) >= 11 is 1.69. The van der Waals surface area contributed by atoms with Crippen LogP contribution in [0.4, 0.5) is 0 Å². The maximum absolute atomic E-state index is 11.9. The molecule has 106 valence electrons. The van der Waals surface area contributed by atoms with Crippen molar-refractivity contribution in [3.63, 3.8) is 0 Å². The van der Waals surface area contributed by atoms with Crippen LogP contribution in [0.5, 0.6) is 0 Å². The number of imide groups is 1. The Labute approximate surface area is 121 Å². The summed E-state index contributed by atoms with van der Waals surface area (Å²) in [6.07, 6.45) is 1.09. The van der Waals surface area contributed by atoms with Crippen molar-refractivity contribution >= 4 is 29.5 Å². The molecule has 0 aromatic heterocycles. The van der Waals surface area contributed by atoms with E-state index in [1.165, 1.54) is 9.80 Å². The topological polar surface area (TPSA) is 66.5 Å². The van der Waals surface area contributed by atoms with Gasteiger partial charge in [0.1, 0.15) is 13.1 Å². The van der Waals surface area contributed by atoms with Crippen LogP contribution in [0, 0.1) is 0 Å². The van der Waals surface area contributed by atoms with E-state index in [0.29, 0.717) is 6.42 Å². The van der Waals surface area contributed by atoms with E-state index < -0.39 is 11.8 Å². The zero-order valence-electron chi connectivity index (χ0n) is 11.0. The van der Waals surface area contributed by atoms with Crippen molar-refractivity contribution in [1.82, 2.24) is 10.2 Å². The smallest absolute Gasteiger partial charge is 0.246 e. The fraction of sp³-hybridized carbons (Fsp3) is 0.357. The molecular formula is C14H16N2O3S. The average Bonchev–Trinajstić information content (AvgIpc) is 2.43. The summed E-state index contributed by atoms with van der Waals surface area (Å²) in [4.78, 5) is 36.7. The van der Waals surface area contributed by atoms with Crippen LogP contribution in [0.15, 0.2) is 35.2 Å². The summed E-state index contributed by atoms with van der Waals surface area (Å²) in [5.41, 5.74) is 0. The molecule has 0 radical (unpaired) electrons. The Morgan fingerprint density at radius 2 is 1.80 bits per heavy atom. The lowest BCUT2D eigenvalue weighted by Gasteiger charge is -2.25.